The van der Waals surface area contributed by atoms with Gasteiger partial charge in [0.25, 0.3) is 0 Å². The van der Waals surface area contributed by atoms with Crippen LogP contribution in [0, 0.1) is 5.82 Å². The average Bonchev–Trinajstić information content (AvgIpc) is 2.42. The van der Waals surface area contributed by atoms with Crippen LogP contribution < -0.4 is 15.2 Å². The molecule has 2 rings (SSSR count). The number of halogens is 3. The summed E-state index contributed by atoms with van der Waals surface area (Å²) in [4.78, 5) is 0. The van der Waals surface area contributed by atoms with Crippen LogP contribution in [0.25, 0.3) is 11.1 Å². The Labute approximate surface area is 126 Å². The largest absolute Gasteiger partial charge is 0.495 e. The number of ether oxygens (including phenoxy) is 2. The van der Waals surface area contributed by atoms with Gasteiger partial charge in [-0.3, -0.25) is 0 Å². The van der Waals surface area contributed by atoms with E-state index in [1.54, 1.807) is 12.1 Å². The molecule has 0 amide bonds. The second-order valence-corrected chi connectivity index (χ2v) is 4.80. The highest BCUT2D eigenvalue weighted by Gasteiger charge is 2.18. The quantitative estimate of drug-likeness (QED) is 0.854. The monoisotopic (exact) mass is 315 g/mol. The van der Waals surface area contributed by atoms with Crippen molar-refractivity contribution < 1.29 is 13.9 Å². The number of anilines is 1. The van der Waals surface area contributed by atoms with E-state index in [1.165, 1.54) is 20.3 Å². The first-order valence-corrected chi connectivity index (χ1v) is 6.40. The summed E-state index contributed by atoms with van der Waals surface area (Å²) >= 11 is 12.1. The summed E-state index contributed by atoms with van der Waals surface area (Å²) in [5.74, 6) is 0.306. The third-order valence-corrected chi connectivity index (χ3v) is 3.54. The molecular formula is C14H12Cl2FNO2. The highest BCUT2D eigenvalue weighted by Crippen LogP contribution is 2.44. The summed E-state index contributed by atoms with van der Waals surface area (Å²) in [6.07, 6.45) is 0. The second kappa shape index (κ2) is 5.77. The fourth-order valence-electron chi connectivity index (χ4n) is 1.91. The van der Waals surface area contributed by atoms with E-state index in [0.29, 0.717) is 22.6 Å². The molecule has 0 bridgehead atoms. The van der Waals surface area contributed by atoms with E-state index < -0.39 is 5.82 Å². The Balaban J connectivity index is 2.73. The maximum absolute atomic E-state index is 13.5. The fourth-order valence-corrected chi connectivity index (χ4v) is 2.44. The zero-order chi connectivity index (χ0) is 14.9. The van der Waals surface area contributed by atoms with Crippen molar-refractivity contribution in [3.63, 3.8) is 0 Å². The lowest BCUT2D eigenvalue weighted by atomic mass is 10.0. The van der Waals surface area contributed by atoms with Gasteiger partial charge in [0, 0.05) is 11.1 Å². The molecule has 0 fully saturated rings. The number of nitrogens with two attached hydrogens (primary N) is 1. The third-order valence-electron chi connectivity index (χ3n) is 2.87. The van der Waals surface area contributed by atoms with Crippen LogP contribution >= 0.6 is 23.2 Å². The van der Waals surface area contributed by atoms with E-state index in [2.05, 4.69) is 0 Å². The van der Waals surface area contributed by atoms with E-state index in [1.807, 2.05) is 0 Å². The van der Waals surface area contributed by atoms with Crippen LogP contribution in [0.3, 0.4) is 0 Å². The molecule has 0 saturated carbocycles. The predicted octanol–water partition coefficient (Wildman–Crippen LogP) is 4.40. The summed E-state index contributed by atoms with van der Waals surface area (Å²) in [6, 6.07) is 5.77. The summed E-state index contributed by atoms with van der Waals surface area (Å²) in [7, 11) is 2.95. The van der Waals surface area contributed by atoms with Gasteiger partial charge >= 0.3 is 0 Å². The van der Waals surface area contributed by atoms with Gasteiger partial charge in [-0.1, -0.05) is 23.2 Å². The molecular weight excluding hydrogens is 304 g/mol. The van der Waals surface area contributed by atoms with Crippen molar-refractivity contribution in [2.75, 3.05) is 20.0 Å². The van der Waals surface area contributed by atoms with Gasteiger partial charge < -0.3 is 15.2 Å². The summed E-state index contributed by atoms with van der Waals surface area (Å²) in [6.45, 7) is 0. The molecule has 2 aromatic rings. The van der Waals surface area contributed by atoms with Gasteiger partial charge in [0.1, 0.15) is 22.3 Å². The molecule has 0 aromatic heterocycles. The maximum Gasteiger partial charge on any atom is 0.149 e. The van der Waals surface area contributed by atoms with Gasteiger partial charge in [0.05, 0.1) is 24.9 Å². The normalized spacial score (nSPS) is 10.4. The predicted molar refractivity (Wildman–Crippen MR) is 79.4 cm³/mol. The van der Waals surface area contributed by atoms with Gasteiger partial charge in [0.15, 0.2) is 0 Å². The van der Waals surface area contributed by atoms with Gasteiger partial charge in [-0.2, -0.15) is 0 Å². The van der Waals surface area contributed by atoms with E-state index in [4.69, 9.17) is 38.4 Å². The lowest BCUT2D eigenvalue weighted by Crippen LogP contribution is -1.97. The first-order chi connectivity index (χ1) is 9.49. The van der Waals surface area contributed by atoms with E-state index in [0.717, 1.165) is 6.07 Å². The van der Waals surface area contributed by atoms with Crippen LogP contribution in [-0.2, 0) is 0 Å². The van der Waals surface area contributed by atoms with Gasteiger partial charge in [0.2, 0.25) is 0 Å². The van der Waals surface area contributed by atoms with Crippen molar-refractivity contribution in [3.8, 4) is 22.6 Å². The highest BCUT2D eigenvalue weighted by molar-refractivity contribution is 6.35. The molecule has 0 unspecified atom stereocenters. The van der Waals surface area contributed by atoms with Crippen LogP contribution in [-0.4, -0.2) is 14.2 Å². The third kappa shape index (κ3) is 2.49. The molecule has 0 saturated heterocycles. The lowest BCUT2D eigenvalue weighted by molar-refractivity contribution is 0.396. The van der Waals surface area contributed by atoms with Crippen molar-refractivity contribution in [3.05, 3.63) is 40.1 Å². The molecule has 0 aliphatic carbocycles. The number of benzene rings is 2. The summed E-state index contributed by atoms with van der Waals surface area (Å²) < 4.78 is 23.9. The molecule has 0 aliphatic heterocycles. The Morgan fingerprint density at radius 2 is 1.75 bits per heavy atom. The Morgan fingerprint density at radius 1 is 1.05 bits per heavy atom. The summed E-state index contributed by atoms with van der Waals surface area (Å²) in [5.41, 5.74) is 7.11. The zero-order valence-corrected chi connectivity index (χ0v) is 12.3. The average molecular weight is 316 g/mol. The standard InChI is InChI=1S/C14H12Cl2FNO2/c1-19-11-4-3-8(14(20-2)12(11)16)9-5-7(17)6-10(15)13(9)18/h3-6H,18H2,1-2H3. The topological polar surface area (TPSA) is 44.5 Å². The molecule has 0 atom stereocenters. The molecule has 6 heteroatoms. The van der Waals surface area contributed by atoms with Crippen molar-refractivity contribution in [2.24, 2.45) is 0 Å². The number of nitrogen functional groups attached to an aromatic ring is 1. The van der Waals surface area contributed by atoms with Crippen LogP contribution in [0.5, 0.6) is 11.5 Å². The minimum atomic E-state index is -0.492. The van der Waals surface area contributed by atoms with Gasteiger partial charge in [-0.25, -0.2) is 4.39 Å². The van der Waals surface area contributed by atoms with Crippen molar-refractivity contribution in [2.45, 2.75) is 0 Å². The molecule has 20 heavy (non-hydrogen) atoms. The first-order valence-electron chi connectivity index (χ1n) is 5.65. The Kier molecular flexibility index (Phi) is 4.26. The van der Waals surface area contributed by atoms with Crippen LogP contribution in [0.2, 0.25) is 10.0 Å². The Morgan fingerprint density at radius 3 is 2.35 bits per heavy atom. The van der Waals surface area contributed by atoms with Crippen molar-refractivity contribution >= 4 is 28.9 Å². The Hall–Kier alpha value is -1.65. The zero-order valence-electron chi connectivity index (χ0n) is 10.8. The first kappa shape index (κ1) is 14.8. The summed E-state index contributed by atoms with van der Waals surface area (Å²) in [5, 5.41) is 0.418. The molecule has 106 valence electrons. The van der Waals surface area contributed by atoms with Crippen LogP contribution in [0.4, 0.5) is 10.1 Å². The molecule has 0 spiro atoms. The molecule has 2 N–H and O–H groups in total. The SMILES string of the molecule is COc1ccc(-c2cc(F)cc(Cl)c2N)c(OC)c1Cl. The molecule has 2 aromatic carbocycles. The number of methoxy groups -OCH3 is 2. The highest BCUT2D eigenvalue weighted by atomic mass is 35.5. The smallest absolute Gasteiger partial charge is 0.149 e. The van der Waals surface area contributed by atoms with Crippen molar-refractivity contribution in [1.82, 2.24) is 0 Å². The van der Waals surface area contributed by atoms with Gasteiger partial charge in [-0.05, 0) is 24.3 Å². The molecule has 0 aliphatic rings. The van der Waals surface area contributed by atoms with Crippen LogP contribution in [0.1, 0.15) is 0 Å². The molecule has 0 heterocycles. The van der Waals surface area contributed by atoms with E-state index in [-0.39, 0.29) is 15.7 Å². The fraction of sp³-hybridized carbons (Fsp3) is 0.143. The lowest BCUT2D eigenvalue weighted by Gasteiger charge is -2.15. The maximum atomic E-state index is 13.5. The number of hydrogen-bond donors (Lipinski definition) is 1. The molecule has 0 radical (unpaired) electrons. The van der Waals surface area contributed by atoms with Crippen molar-refractivity contribution in [1.29, 1.82) is 0 Å². The number of rotatable bonds is 3. The van der Waals surface area contributed by atoms with E-state index >= 15 is 0 Å². The minimum absolute atomic E-state index is 0.133. The van der Waals surface area contributed by atoms with Crippen LogP contribution in [0.15, 0.2) is 24.3 Å². The van der Waals surface area contributed by atoms with E-state index in [9.17, 15) is 4.39 Å². The van der Waals surface area contributed by atoms with Gasteiger partial charge in [-0.15, -0.1) is 0 Å². The second-order valence-electron chi connectivity index (χ2n) is 4.01. The minimum Gasteiger partial charge on any atom is -0.495 e. The molecule has 3 nitrogen and oxygen atoms in total. The number of hydrogen-bond acceptors (Lipinski definition) is 3. The Bertz CT molecular complexity index is 662.